The van der Waals surface area contributed by atoms with Gasteiger partial charge in [-0.2, -0.15) is 4.98 Å². The molecule has 2 atom stereocenters. The molecule has 3 fully saturated rings. The molecular weight excluding hydrogens is 574 g/mol. The molecule has 6 rings (SSSR count). The fourth-order valence-electron chi connectivity index (χ4n) is 8.16. The van der Waals surface area contributed by atoms with Gasteiger partial charge in [-0.15, -0.1) is 0 Å². The van der Waals surface area contributed by atoms with Gasteiger partial charge in [0.05, 0.1) is 16.6 Å². The van der Waals surface area contributed by atoms with E-state index in [2.05, 4.69) is 49.3 Å². The van der Waals surface area contributed by atoms with Gasteiger partial charge in [-0.25, -0.2) is 18.1 Å². The van der Waals surface area contributed by atoms with Crippen molar-refractivity contribution in [2.45, 2.75) is 108 Å². The third kappa shape index (κ3) is 6.34. The molecule has 2 aliphatic carbocycles. The second-order valence-electron chi connectivity index (χ2n) is 15.0. The second kappa shape index (κ2) is 11.9. The normalized spacial score (nSPS) is 27.0. The van der Waals surface area contributed by atoms with Crippen LogP contribution in [0.15, 0.2) is 35.2 Å². The van der Waals surface area contributed by atoms with Crippen molar-refractivity contribution in [1.82, 2.24) is 19.8 Å². The second-order valence-corrected chi connectivity index (χ2v) is 16.7. The van der Waals surface area contributed by atoms with E-state index < -0.39 is 10.0 Å². The molecule has 240 valence electrons. The van der Waals surface area contributed by atoms with Crippen LogP contribution in [0.2, 0.25) is 0 Å². The van der Waals surface area contributed by atoms with E-state index in [0.717, 1.165) is 70.2 Å². The zero-order valence-corrected chi connectivity index (χ0v) is 27.8. The number of piperidine rings is 1. The number of amides is 1. The largest absolute Gasteiger partial charge is 0.475 e. The van der Waals surface area contributed by atoms with Crippen molar-refractivity contribution < 1.29 is 17.9 Å². The molecule has 1 N–H and O–H groups in total. The number of likely N-dealkylation sites (tertiary alicyclic amines) is 1. The lowest BCUT2D eigenvalue weighted by molar-refractivity contribution is -0.0497. The summed E-state index contributed by atoms with van der Waals surface area (Å²) in [7, 11) is -1.88. The van der Waals surface area contributed by atoms with Gasteiger partial charge in [-0.3, -0.25) is 4.79 Å². The highest BCUT2D eigenvalue weighted by Gasteiger charge is 2.50. The van der Waals surface area contributed by atoms with Gasteiger partial charge in [0.1, 0.15) is 6.61 Å². The molecule has 3 heterocycles. The number of nitrogens with one attached hydrogen (secondary N) is 1. The number of fused-ring (bicyclic) bond motifs is 4. The minimum Gasteiger partial charge on any atom is -0.475 e. The molecule has 2 aromatic rings. The van der Waals surface area contributed by atoms with Crippen LogP contribution in [-0.2, 0) is 10.0 Å². The van der Waals surface area contributed by atoms with Gasteiger partial charge >= 0.3 is 0 Å². The Morgan fingerprint density at radius 3 is 2.52 bits per heavy atom. The van der Waals surface area contributed by atoms with E-state index in [1.165, 1.54) is 18.6 Å². The third-order valence-electron chi connectivity index (χ3n) is 10.8. The zero-order chi connectivity index (χ0) is 31.3. The van der Waals surface area contributed by atoms with Gasteiger partial charge in [0.25, 0.3) is 15.9 Å². The van der Waals surface area contributed by atoms with E-state index in [1.54, 1.807) is 12.1 Å². The van der Waals surface area contributed by atoms with E-state index in [0.29, 0.717) is 17.4 Å². The van der Waals surface area contributed by atoms with Crippen molar-refractivity contribution >= 4 is 21.9 Å². The monoisotopic (exact) mass is 623 g/mol. The number of benzene rings is 1. The highest BCUT2D eigenvalue weighted by atomic mass is 32.2. The molecule has 2 saturated carbocycles. The molecule has 1 aromatic heterocycles. The Hall–Kier alpha value is -2.72. The predicted molar refractivity (Wildman–Crippen MR) is 171 cm³/mol. The number of carbonyl (C=O) groups is 1. The topological polar surface area (TPSA) is 105 Å². The van der Waals surface area contributed by atoms with E-state index >= 15 is 0 Å². The maximum atomic E-state index is 14.4. The first-order chi connectivity index (χ1) is 20.8. The van der Waals surface area contributed by atoms with Crippen LogP contribution >= 0.6 is 0 Å². The zero-order valence-electron chi connectivity index (χ0n) is 27.0. The van der Waals surface area contributed by atoms with Crippen molar-refractivity contribution in [1.29, 1.82) is 0 Å². The summed E-state index contributed by atoms with van der Waals surface area (Å²) in [5, 5.41) is 0. The molecule has 44 heavy (non-hydrogen) atoms. The average Bonchev–Trinajstić information content (AvgIpc) is 2.95. The number of hydrogen-bond donors (Lipinski definition) is 1. The van der Waals surface area contributed by atoms with Crippen LogP contribution in [-0.4, -0.2) is 72.9 Å². The van der Waals surface area contributed by atoms with E-state index in [-0.39, 0.29) is 52.2 Å². The molecule has 4 aliphatic rings. The van der Waals surface area contributed by atoms with E-state index in [1.807, 2.05) is 11.0 Å². The molecule has 1 spiro atoms. The van der Waals surface area contributed by atoms with E-state index in [4.69, 9.17) is 9.72 Å². The first kappa shape index (κ1) is 31.3. The van der Waals surface area contributed by atoms with Crippen LogP contribution < -0.4 is 9.46 Å². The fourth-order valence-corrected chi connectivity index (χ4v) is 9.15. The standard InChI is InChI=1S/C34H49N5O4S/c1-23(2)17-25-22-43-30-19-29(28-11-6-7-12-33(28,3)4)35-32(36-30)37-44(41,42)27-10-8-9-24(18-27)31(40)39(25)26-20-34(21-26)13-15-38(5)16-14-34/h8-10,18-19,23,25-26,28H,6-7,11-17,20-22H2,1-5H3,(H,35,36,37)/t25-,28?/m1/s1. The molecule has 1 saturated heterocycles. The third-order valence-corrected chi connectivity index (χ3v) is 12.1. The molecule has 1 amide bonds. The summed E-state index contributed by atoms with van der Waals surface area (Å²) >= 11 is 0. The Morgan fingerprint density at radius 1 is 1.07 bits per heavy atom. The number of sulfonamides is 1. The Kier molecular flexibility index (Phi) is 8.45. The lowest BCUT2D eigenvalue weighted by Gasteiger charge is -2.56. The molecule has 1 unspecified atom stereocenters. The van der Waals surface area contributed by atoms with E-state index in [9.17, 15) is 13.2 Å². The quantitative estimate of drug-likeness (QED) is 0.440. The summed E-state index contributed by atoms with van der Waals surface area (Å²) < 4.78 is 36.4. The van der Waals surface area contributed by atoms with Crippen molar-refractivity contribution in [3.63, 3.8) is 0 Å². The number of nitrogens with zero attached hydrogens (tertiary/aromatic N) is 4. The minimum atomic E-state index is -4.05. The molecule has 1 aromatic carbocycles. The van der Waals surface area contributed by atoms with Gasteiger partial charge in [0.15, 0.2) is 0 Å². The van der Waals surface area contributed by atoms with Gasteiger partial charge in [-0.1, -0.05) is 46.6 Å². The van der Waals surface area contributed by atoms with Crippen LogP contribution in [0.3, 0.4) is 0 Å². The average molecular weight is 624 g/mol. The molecule has 0 radical (unpaired) electrons. The minimum absolute atomic E-state index is 0.00955. The summed E-state index contributed by atoms with van der Waals surface area (Å²) in [6, 6.07) is 8.20. The van der Waals surface area contributed by atoms with Crippen molar-refractivity contribution in [3.05, 3.63) is 41.6 Å². The fraction of sp³-hybridized carbons (Fsp3) is 0.676. The predicted octanol–water partition coefficient (Wildman–Crippen LogP) is 6.08. The Morgan fingerprint density at radius 2 is 1.82 bits per heavy atom. The van der Waals surface area contributed by atoms with Crippen molar-refractivity contribution in [2.24, 2.45) is 16.7 Å². The number of rotatable bonds is 4. The summed E-state index contributed by atoms with van der Waals surface area (Å²) in [4.78, 5) is 28.2. The van der Waals surface area contributed by atoms with Gasteiger partial charge in [0.2, 0.25) is 11.8 Å². The lowest BCUT2D eigenvalue weighted by Crippen LogP contribution is -2.59. The lowest BCUT2D eigenvalue weighted by atomic mass is 9.59. The highest BCUT2D eigenvalue weighted by Crippen LogP contribution is 2.52. The van der Waals surface area contributed by atoms with Crippen LogP contribution in [0.25, 0.3) is 0 Å². The maximum Gasteiger partial charge on any atom is 0.264 e. The van der Waals surface area contributed by atoms with Crippen molar-refractivity contribution in [2.75, 3.05) is 31.5 Å². The number of hydrogen-bond acceptors (Lipinski definition) is 7. The summed E-state index contributed by atoms with van der Waals surface area (Å²) in [6.45, 7) is 11.3. The number of anilines is 1. The maximum absolute atomic E-state index is 14.4. The summed E-state index contributed by atoms with van der Waals surface area (Å²) in [6.07, 6.45) is 9.36. The SMILES string of the molecule is CC(C)C[C@@H]1COc2cc(C3CCCCC3(C)C)nc(n2)NS(=O)(=O)c2cccc(c2)C(=O)N1C1CC2(CCN(C)CC2)C1. The number of ether oxygens (including phenoxy) is 1. The molecule has 4 bridgehead atoms. The molecule has 9 nitrogen and oxygen atoms in total. The summed E-state index contributed by atoms with van der Waals surface area (Å²) in [5.74, 6) is 0.719. The van der Waals surface area contributed by atoms with Gasteiger partial charge in [-0.05, 0) is 100 Å². The first-order valence-corrected chi connectivity index (χ1v) is 18.0. The smallest absolute Gasteiger partial charge is 0.264 e. The van der Waals surface area contributed by atoms with Crippen LogP contribution in [0.1, 0.15) is 107 Å². The number of aromatic nitrogens is 2. The van der Waals surface area contributed by atoms with Gasteiger partial charge < -0.3 is 14.5 Å². The Labute approximate surface area is 263 Å². The van der Waals surface area contributed by atoms with Crippen LogP contribution in [0.5, 0.6) is 5.88 Å². The first-order valence-electron chi connectivity index (χ1n) is 16.5. The summed E-state index contributed by atoms with van der Waals surface area (Å²) in [5.41, 5.74) is 1.48. The van der Waals surface area contributed by atoms with Gasteiger partial charge in [0, 0.05) is 23.6 Å². The molecule has 10 heteroatoms. The van der Waals surface area contributed by atoms with Crippen molar-refractivity contribution in [3.8, 4) is 5.88 Å². The molecular formula is C34H49N5O4S. The Bertz CT molecular complexity index is 1480. The highest BCUT2D eigenvalue weighted by molar-refractivity contribution is 7.92. The van der Waals surface area contributed by atoms with Crippen LogP contribution in [0, 0.1) is 16.7 Å². The Balaban J connectivity index is 1.40. The molecule has 2 aliphatic heterocycles. The number of carbonyl (C=O) groups excluding carboxylic acids is 1. The van der Waals surface area contributed by atoms with Crippen LogP contribution in [0.4, 0.5) is 5.95 Å².